The third-order valence-electron chi connectivity index (χ3n) is 3.59. The lowest BCUT2D eigenvalue weighted by Gasteiger charge is -2.10. The minimum Gasteiger partial charge on any atom is -0.465 e. The molecule has 140 valence electrons. The fourth-order valence-electron chi connectivity index (χ4n) is 2.33. The van der Waals surface area contributed by atoms with Gasteiger partial charge in [-0.3, -0.25) is 14.9 Å². The zero-order valence-corrected chi connectivity index (χ0v) is 15.5. The third-order valence-corrected chi connectivity index (χ3v) is 3.80. The summed E-state index contributed by atoms with van der Waals surface area (Å²) in [5.41, 5.74) is 1.80. The molecular weight excluding hydrogens is 374 g/mol. The average Bonchev–Trinajstić information content (AvgIpc) is 3.21. The minimum atomic E-state index is -0.387. The Kier molecular flexibility index (Phi) is 6.33. The predicted octanol–water partition coefficient (Wildman–Crippen LogP) is 4.06. The average molecular weight is 391 g/mol. The fraction of sp³-hybridized carbons (Fsp3) is 0. The summed E-state index contributed by atoms with van der Waals surface area (Å²) < 4.78 is 5.11. The van der Waals surface area contributed by atoms with Gasteiger partial charge >= 0.3 is 0 Å². The molecule has 0 unspecified atom stereocenters. The van der Waals surface area contributed by atoms with E-state index in [1.165, 1.54) is 18.4 Å². The van der Waals surface area contributed by atoms with E-state index in [-0.39, 0.29) is 16.9 Å². The number of nitrogens with one attached hydrogen (secondary N) is 3. The molecule has 0 aliphatic carbocycles. The molecule has 0 aliphatic heterocycles. The van der Waals surface area contributed by atoms with Gasteiger partial charge in [-0.05, 0) is 60.8 Å². The molecule has 0 radical (unpaired) electrons. The van der Waals surface area contributed by atoms with E-state index in [1.807, 2.05) is 6.07 Å². The van der Waals surface area contributed by atoms with E-state index in [1.54, 1.807) is 60.7 Å². The summed E-state index contributed by atoms with van der Waals surface area (Å²) in [7, 11) is 0. The van der Waals surface area contributed by atoms with Crippen molar-refractivity contribution >= 4 is 46.6 Å². The van der Waals surface area contributed by atoms with Crippen molar-refractivity contribution < 1.29 is 14.0 Å². The summed E-state index contributed by atoms with van der Waals surface area (Å²) >= 11 is 5.15. The Morgan fingerprint density at radius 3 is 2.36 bits per heavy atom. The van der Waals surface area contributed by atoms with Gasteiger partial charge in [0.05, 0.1) is 6.26 Å². The second-order valence-electron chi connectivity index (χ2n) is 5.69. The van der Waals surface area contributed by atoms with Crippen molar-refractivity contribution in [2.75, 3.05) is 10.6 Å². The quantitative estimate of drug-likeness (QED) is 0.451. The molecule has 28 heavy (non-hydrogen) atoms. The summed E-state index contributed by atoms with van der Waals surface area (Å²) in [6.07, 6.45) is 4.38. The van der Waals surface area contributed by atoms with Gasteiger partial charge in [-0.25, -0.2) is 0 Å². The van der Waals surface area contributed by atoms with Crippen molar-refractivity contribution in [1.82, 2.24) is 5.32 Å². The van der Waals surface area contributed by atoms with E-state index >= 15 is 0 Å². The van der Waals surface area contributed by atoms with E-state index in [4.69, 9.17) is 16.6 Å². The molecule has 0 atom stereocenters. The smallest absolute Gasteiger partial charge is 0.255 e. The highest BCUT2D eigenvalue weighted by atomic mass is 32.1. The van der Waals surface area contributed by atoms with Gasteiger partial charge in [-0.15, -0.1) is 0 Å². The van der Waals surface area contributed by atoms with Gasteiger partial charge in [0, 0.05) is 23.0 Å². The predicted molar refractivity (Wildman–Crippen MR) is 113 cm³/mol. The lowest BCUT2D eigenvalue weighted by Crippen LogP contribution is -2.32. The lowest BCUT2D eigenvalue weighted by atomic mass is 10.2. The zero-order chi connectivity index (χ0) is 19.8. The van der Waals surface area contributed by atoms with Gasteiger partial charge in [0.15, 0.2) is 5.11 Å². The van der Waals surface area contributed by atoms with Gasteiger partial charge in [-0.1, -0.05) is 24.3 Å². The minimum absolute atomic E-state index is 0.139. The molecule has 0 bridgehead atoms. The molecule has 0 fully saturated rings. The van der Waals surface area contributed by atoms with Crippen LogP contribution in [0, 0.1) is 0 Å². The van der Waals surface area contributed by atoms with Crippen LogP contribution < -0.4 is 16.0 Å². The maximum absolute atomic E-state index is 12.2. The number of thiocarbonyl (C=S) groups is 1. The van der Waals surface area contributed by atoms with Gasteiger partial charge in [0.1, 0.15) is 5.76 Å². The van der Waals surface area contributed by atoms with Gasteiger partial charge < -0.3 is 15.1 Å². The fourth-order valence-corrected chi connectivity index (χ4v) is 2.55. The first-order chi connectivity index (χ1) is 13.6. The Balaban J connectivity index is 1.55. The summed E-state index contributed by atoms with van der Waals surface area (Å²) in [6, 6.07) is 19.4. The Morgan fingerprint density at radius 1 is 0.893 bits per heavy atom. The third kappa shape index (κ3) is 5.65. The lowest BCUT2D eigenvalue weighted by molar-refractivity contribution is -0.115. The van der Waals surface area contributed by atoms with Crippen LogP contribution in [0.25, 0.3) is 6.08 Å². The van der Waals surface area contributed by atoms with Crippen LogP contribution in [0.4, 0.5) is 11.4 Å². The topological polar surface area (TPSA) is 83.4 Å². The Bertz CT molecular complexity index is 999. The van der Waals surface area contributed by atoms with Crippen molar-refractivity contribution in [3.63, 3.8) is 0 Å². The van der Waals surface area contributed by atoms with Crippen molar-refractivity contribution in [2.24, 2.45) is 0 Å². The summed E-state index contributed by atoms with van der Waals surface area (Å²) in [5.74, 6) is -0.0324. The molecular formula is C21H17N3O3S. The van der Waals surface area contributed by atoms with Gasteiger partial charge in [0.2, 0.25) is 5.91 Å². The molecule has 0 saturated heterocycles. The number of furan rings is 1. The summed E-state index contributed by atoms with van der Waals surface area (Å²) in [4.78, 5) is 24.1. The largest absolute Gasteiger partial charge is 0.465 e. The number of amides is 2. The van der Waals surface area contributed by atoms with Crippen molar-refractivity contribution in [2.45, 2.75) is 0 Å². The highest BCUT2D eigenvalue weighted by molar-refractivity contribution is 7.80. The molecule has 1 heterocycles. The van der Waals surface area contributed by atoms with E-state index < -0.39 is 0 Å². The van der Waals surface area contributed by atoms with Gasteiger partial charge in [0.25, 0.3) is 5.91 Å². The first-order valence-electron chi connectivity index (χ1n) is 8.40. The molecule has 3 N–H and O–H groups in total. The Morgan fingerprint density at radius 2 is 1.64 bits per heavy atom. The molecule has 7 heteroatoms. The van der Waals surface area contributed by atoms with Crippen LogP contribution in [-0.2, 0) is 4.79 Å². The highest BCUT2D eigenvalue weighted by Crippen LogP contribution is 2.16. The maximum atomic E-state index is 12.2. The molecule has 1 aromatic heterocycles. The SMILES string of the molecule is O=C(/C=C/c1ccco1)NC(=S)Nc1cccc(NC(=O)c2ccccc2)c1. The molecule has 6 nitrogen and oxygen atoms in total. The van der Waals surface area contributed by atoms with Crippen LogP contribution in [0.2, 0.25) is 0 Å². The van der Waals surface area contributed by atoms with Crippen molar-refractivity contribution in [1.29, 1.82) is 0 Å². The Hall–Kier alpha value is -3.71. The first kappa shape index (κ1) is 19.1. The molecule has 0 saturated carbocycles. The molecule has 3 rings (SSSR count). The number of rotatable bonds is 5. The van der Waals surface area contributed by atoms with Crippen LogP contribution in [0.1, 0.15) is 16.1 Å². The number of hydrogen-bond donors (Lipinski definition) is 3. The number of carbonyl (C=O) groups excluding carboxylic acids is 2. The van der Waals surface area contributed by atoms with E-state index in [0.717, 1.165) is 0 Å². The number of anilines is 2. The van der Waals surface area contributed by atoms with Crippen LogP contribution in [0.3, 0.4) is 0 Å². The number of carbonyl (C=O) groups is 2. The van der Waals surface area contributed by atoms with Crippen LogP contribution in [0.15, 0.2) is 83.5 Å². The van der Waals surface area contributed by atoms with E-state index in [0.29, 0.717) is 22.7 Å². The van der Waals surface area contributed by atoms with Crippen molar-refractivity contribution in [3.05, 3.63) is 90.4 Å². The highest BCUT2D eigenvalue weighted by Gasteiger charge is 2.07. The zero-order valence-electron chi connectivity index (χ0n) is 14.7. The van der Waals surface area contributed by atoms with Crippen molar-refractivity contribution in [3.8, 4) is 0 Å². The van der Waals surface area contributed by atoms with E-state index in [9.17, 15) is 9.59 Å². The number of hydrogen-bond acceptors (Lipinski definition) is 4. The summed E-state index contributed by atoms with van der Waals surface area (Å²) in [6.45, 7) is 0. The second-order valence-corrected chi connectivity index (χ2v) is 6.10. The van der Waals surface area contributed by atoms with Crippen LogP contribution in [0.5, 0.6) is 0 Å². The molecule has 2 amide bonds. The second kappa shape index (κ2) is 9.29. The standard InChI is InChI=1S/C21H17N3O3S/c25-19(12-11-18-10-5-13-27-18)24-21(28)23-17-9-4-8-16(14-17)22-20(26)15-6-2-1-3-7-15/h1-14H,(H,22,26)(H2,23,24,25,28)/b12-11+. The van der Waals surface area contributed by atoms with Crippen LogP contribution in [-0.4, -0.2) is 16.9 Å². The molecule has 0 aliphatic rings. The van der Waals surface area contributed by atoms with Gasteiger partial charge in [-0.2, -0.15) is 0 Å². The number of benzene rings is 2. The first-order valence-corrected chi connectivity index (χ1v) is 8.81. The maximum Gasteiger partial charge on any atom is 0.255 e. The molecule has 2 aromatic carbocycles. The Labute approximate surface area is 167 Å². The summed E-state index contributed by atoms with van der Waals surface area (Å²) in [5, 5.41) is 8.41. The van der Waals surface area contributed by atoms with E-state index in [2.05, 4.69) is 16.0 Å². The monoisotopic (exact) mass is 391 g/mol. The van der Waals surface area contributed by atoms with Crippen LogP contribution >= 0.6 is 12.2 Å². The normalized spacial score (nSPS) is 10.4. The molecule has 3 aromatic rings. The molecule has 0 spiro atoms.